The van der Waals surface area contributed by atoms with Gasteiger partial charge in [-0.1, -0.05) is 12.1 Å². The van der Waals surface area contributed by atoms with Crippen molar-refractivity contribution in [1.82, 2.24) is 15.5 Å². The zero-order valence-electron chi connectivity index (χ0n) is 12.5. The fourth-order valence-corrected chi connectivity index (χ4v) is 2.19. The molecule has 1 aliphatic rings. The number of hydrogen-bond acceptors (Lipinski definition) is 4. The lowest BCUT2D eigenvalue weighted by molar-refractivity contribution is -0.125. The first-order valence-corrected chi connectivity index (χ1v) is 7.21. The second-order valence-electron chi connectivity index (χ2n) is 5.09. The molecule has 2 rings (SSSR count). The molecule has 118 valence electrons. The van der Waals surface area contributed by atoms with Crippen LogP contribution in [0.1, 0.15) is 18.4 Å². The minimum Gasteiger partial charge on any atom is -0.329 e. The number of hydrogen-bond donors (Lipinski definition) is 3. The van der Waals surface area contributed by atoms with Gasteiger partial charge in [0.15, 0.2) is 0 Å². The van der Waals surface area contributed by atoms with Gasteiger partial charge in [0, 0.05) is 12.1 Å². The fourth-order valence-electron chi connectivity index (χ4n) is 2.19. The number of amides is 4. The molecule has 7 heteroatoms. The second-order valence-corrected chi connectivity index (χ2v) is 5.09. The van der Waals surface area contributed by atoms with Gasteiger partial charge in [-0.2, -0.15) is 0 Å². The van der Waals surface area contributed by atoms with Crippen LogP contribution in [-0.4, -0.2) is 42.9 Å². The molecule has 3 N–H and O–H groups in total. The summed E-state index contributed by atoms with van der Waals surface area (Å²) in [6.07, 6.45) is 1.21. The molecule has 22 heavy (non-hydrogen) atoms. The number of carbonyl (C=O) groups excluding carboxylic acids is 3. The topological polar surface area (TPSA) is 90.5 Å². The summed E-state index contributed by atoms with van der Waals surface area (Å²) in [5.41, 5.74) is 1.46. The van der Waals surface area contributed by atoms with E-state index in [9.17, 15) is 14.4 Å². The Morgan fingerprint density at radius 1 is 1.36 bits per heavy atom. The summed E-state index contributed by atoms with van der Waals surface area (Å²) >= 11 is 0. The third-order valence-electron chi connectivity index (χ3n) is 3.32. The van der Waals surface area contributed by atoms with Crippen LogP contribution in [0.4, 0.5) is 10.5 Å². The Morgan fingerprint density at radius 2 is 2.18 bits per heavy atom. The Labute approximate surface area is 129 Å². The van der Waals surface area contributed by atoms with Crippen molar-refractivity contribution in [3.8, 4) is 0 Å². The molecule has 1 saturated heterocycles. The highest BCUT2D eigenvalue weighted by Crippen LogP contribution is 2.14. The minimum atomic E-state index is -0.383. The first kappa shape index (κ1) is 16.0. The average Bonchev–Trinajstić information content (AvgIpc) is 2.80. The monoisotopic (exact) mass is 304 g/mol. The number of imide groups is 1. The van der Waals surface area contributed by atoms with Gasteiger partial charge in [-0.3, -0.25) is 14.5 Å². The first-order chi connectivity index (χ1) is 10.6. The fraction of sp³-hybridized carbons (Fsp3) is 0.400. The molecular weight excluding hydrogens is 284 g/mol. The quantitative estimate of drug-likeness (QED) is 0.510. The van der Waals surface area contributed by atoms with Gasteiger partial charge >= 0.3 is 6.03 Å². The third-order valence-corrected chi connectivity index (χ3v) is 3.32. The van der Waals surface area contributed by atoms with Gasteiger partial charge in [0.25, 0.3) is 0 Å². The molecule has 0 radical (unpaired) electrons. The first-order valence-electron chi connectivity index (χ1n) is 7.21. The molecule has 0 saturated carbocycles. The van der Waals surface area contributed by atoms with Crippen LogP contribution in [0.3, 0.4) is 0 Å². The van der Waals surface area contributed by atoms with Gasteiger partial charge in [0.1, 0.15) is 0 Å². The Bertz CT molecular complexity index is 558. The van der Waals surface area contributed by atoms with Crippen molar-refractivity contribution in [1.29, 1.82) is 0 Å². The number of nitrogens with zero attached hydrogens (tertiary/aromatic N) is 1. The number of urea groups is 1. The van der Waals surface area contributed by atoms with Gasteiger partial charge < -0.3 is 16.0 Å². The van der Waals surface area contributed by atoms with E-state index in [0.717, 1.165) is 23.4 Å². The molecule has 1 aromatic rings. The molecule has 1 aliphatic heterocycles. The molecular formula is C15H20N4O3. The van der Waals surface area contributed by atoms with Gasteiger partial charge in [-0.25, -0.2) is 4.79 Å². The number of carbonyl (C=O) groups is 3. The zero-order valence-corrected chi connectivity index (χ0v) is 12.5. The van der Waals surface area contributed by atoms with Crippen molar-refractivity contribution in [2.45, 2.75) is 19.4 Å². The van der Waals surface area contributed by atoms with Gasteiger partial charge in [0.2, 0.25) is 11.8 Å². The highest BCUT2D eigenvalue weighted by molar-refractivity contribution is 6.01. The molecule has 0 unspecified atom stereocenters. The highest BCUT2D eigenvalue weighted by atomic mass is 16.2. The Kier molecular flexibility index (Phi) is 5.48. The average molecular weight is 304 g/mol. The molecule has 1 aromatic carbocycles. The van der Waals surface area contributed by atoms with Crippen LogP contribution < -0.4 is 16.0 Å². The third kappa shape index (κ3) is 4.29. The van der Waals surface area contributed by atoms with Crippen LogP contribution in [0.2, 0.25) is 0 Å². The maximum Gasteiger partial charge on any atom is 0.324 e. The van der Waals surface area contributed by atoms with Crippen LogP contribution in [0.15, 0.2) is 24.3 Å². The summed E-state index contributed by atoms with van der Waals surface area (Å²) in [5.74, 6) is -0.297. The lowest BCUT2D eigenvalue weighted by Crippen LogP contribution is -2.30. The van der Waals surface area contributed by atoms with Gasteiger partial charge in [0.05, 0.1) is 13.1 Å². The van der Waals surface area contributed by atoms with Crippen LogP contribution >= 0.6 is 0 Å². The van der Waals surface area contributed by atoms with Crippen LogP contribution in [0, 0.1) is 0 Å². The van der Waals surface area contributed by atoms with E-state index in [1.807, 2.05) is 13.1 Å². The van der Waals surface area contributed by atoms with Crippen LogP contribution in [0.25, 0.3) is 0 Å². The Hall–Kier alpha value is -2.41. The van der Waals surface area contributed by atoms with Crippen molar-refractivity contribution >= 4 is 23.5 Å². The van der Waals surface area contributed by atoms with Crippen molar-refractivity contribution < 1.29 is 14.4 Å². The molecule has 1 heterocycles. The molecule has 4 amide bonds. The second kappa shape index (κ2) is 7.56. The number of benzene rings is 1. The van der Waals surface area contributed by atoms with E-state index in [4.69, 9.17) is 0 Å². The summed E-state index contributed by atoms with van der Waals surface area (Å²) in [5, 5.41) is 8.28. The van der Waals surface area contributed by atoms with Gasteiger partial charge in [-0.05, 0) is 37.7 Å². The van der Waals surface area contributed by atoms with Crippen molar-refractivity contribution in [2.24, 2.45) is 0 Å². The van der Waals surface area contributed by atoms with E-state index in [1.54, 1.807) is 18.2 Å². The van der Waals surface area contributed by atoms with E-state index in [0.29, 0.717) is 12.1 Å². The molecule has 7 nitrogen and oxygen atoms in total. The van der Waals surface area contributed by atoms with E-state index >= 15 is 0 Å². The lowest BCUT2D eigenvalue weighted by atomic mass is 10.2. The normalized spacial score (nSPS) is 14.1. The van der Waals surface area contributed by atoms with E-state index in [2.05, 4.69) is 16.0 Å². The van der Waals surface area contributed by atoms with Crippen molar-refractivity contribution in [3.63, 3.8) is 0 Å². The van der Waals surface area contributed by atoms with Crippen molar-refractivity contribution in [3.05, 3.63) is 29.8 Å². The summed E-state index contributed by atoms with van der Waals surface area (Å²) < 4.78 is 0. The maximum atomic E-state index is 11.8. The van der Waals surface area contributed by atoms with Crippen LogP contribution in [0.5, 0.6) is 0 Å². The maximum absolute atomic E-state index is 11.8. The van der Waals surface area contributed by atoms with Crippen molar-refractivity contribution in [2.75, 3.05) is 25.5 Å². The van der Waals surface area contributed by atoms with Crippen LogP contribution in [-0.2, 0) is 16.1 Å². The molecule has 0 aliphatic carbocycles. The molecule has 0 bridgehead atoms. The van der Waals surface area contributed by atoms with Gasteiger partial charge in [-0.15, -0.1) is 0 Å². The van der Waals surface area contributed by atoms with E-state index in [1.165, 1.54) is 0 Å². The SMILES string of the molecule is CNCCCC(=O)Nc1cccc(CN2C(=O)CNC2=O)c1. The highest BCUT2D eigenvalue weighted by Gasteiger charge is 2.28. The molecule has 0 spiro atoms. The number of anilines is 1. The summed E-state index contributed by atoms with van der Waals surface area (Å²) in [7, 11) is 1.84. The smallest absolute Gasteiger partial charge is 0.324 e. The number of nitrogens with one attached hydrogen (secondary N) is 3. The van der Waals surface area contributed by atoms with E-state index < -0.39 is 0 Å². The zero-order chi connectivity index (χ0) is 15.9. The Balaban J connectivity index is 1.93. The summed E-state index contributed by atoms with van der Waals surface area (Å²) in [6, 6.07) is 6.78. The van der Waals surface area contributed by atoms with E-state index in [-0.39, 0.29) is 30.9 Å². The summed E-state index contributed by atoms with van der Waals surface area (Å²) in [4.78, 5) is 36.0. The lowest BCUT2D eigenvalue weighted by Gasteiger charge is -2.13. The Morgan fingerprint density at radius 3 is 2.86 bits per heavy atom. The summed E-state index contributed by atoms with van der Waals surface area (Å²) in [6.45, 7) is 1.04. The standard InChI is InChI=1S/C15H20N4O3/c1-16-7-3-6-13(20)18-12-5-2-4-11(8-12)10-19-14(21)9-17-15(19)22/h2,4-5,8,16H,3,6-7,9-10H2,1H3,(H,17,22)(H,18,20). The molecule has 0 aromatic heterocycles. The largest absolute Gasteiger partial charge is 0.329 e. The molecule has 0 atom stereocenters. The molecule has 1 fully saturated rings. The minimum absolute atomic E-state index is 0.0424. The number of rotatable bonds is 7. The predicted octanol–water partition coefficient (Wildman–Crippen LogP) is 0.676. The predicted molar refractivity (Wildman–Crippen MR) is 82.2 cm³/mol.